The maximum atomic E-state index is 12.5. The molecule has 1 aromatic carbocycles. The largest absolute Gasteiger partial charge is 0.338 e. The van der Waals surface area contributed by atoms with Gasteiger partial charge in [0.2, 0.25) is 5.91 Å². The van der Waals surface area contributed by atoms with Crippen molar-refractivity contribution in [1.29, 1.82) is 0 Å². The van der Waals surface area contributed by atoms with E-state index in [2.05, 4.69) is 19.1 Å². The predicted octanol–water partition coefficient (Wildman–Crippen LogP) is 3.08. The van der Waals surface area contributed by atoms with Crippen molar-refractivity contribution in [3.8, 4) is 0 Å². The number of piperidine rings is 1. The molecule has 0 bridgehead atoms. The van der Waals surface area contributed by atoms with E-state index in [1.807, 2.05) is 24.0 Å². The Morgan fingerprint density at radius 3 is 2.76 bits per heavy atom. The zero-order chi connectivity index (χ0) is 14.5. The van der Waals surface area contributed by atoms with Crippen LogP contribution in [0, 0.1) is 6.92 Å². The van der Waals surface area contributed by atoms with Crippen molar-refractivity contribution in [3.63, 3.8) is 0 Å². The molecule has 2 atom stereocenters. The number of hydrogen-bond donors (Lipinski definition) is 1. The Morgan fingerprint density at radius 1 is 1.38 bits per heavy atom. The SMILES string of the molecule is Cc1ccccc1CCC(=O)N1CCCCC1C(C)N.Cl. The van der Waals surface area contributed by atoms with E-state index < -0.39 is 0 Å². The first-order valence-corrected chi connectivity index (χ1v) is 7.69. The monoisotopic (exact) mass is 310 g/mol. The molecule has 1 fully saturated rings. The normalized spacial score (nSPS) is 19.8. The van der Waals surface area contributed by atoms with Gasteiger partial charge < -0.3 is 10.6 Å². The molecule has 4 heteroatoms. The van der Waals surface area contributed by atoms with Gasteiger partial charge in [-0.25, -0.2) is 0 Å². The van der Waals surface area contributed by atoms with Gasteiger partial charge in [0.15, 0.2) is 0 Å². The second-order valence-corrected chi connectivity index (χ2v) is 5.94. The van der Waals surface area contributed by atoms with Gasteiger partial charge in [-0.2, -0.15) is 0 Å². The Bertz CT molecular complexity index is 462. The lowest BCUT2D eigenvalue weighted by atomic mass is 9.96. The van der Waals surface area contributed by atoms with Gasteiger partial charge in [-0.1, -0.05) is 24.3 Å². The van der Waals surface area contributed by atoms with E-state index in [1.165, 1.54) is 17.5 Å². The summed E-state index contributed by atoms with van der Waals surface area (Å²) in [5.74, 6) is 0.259. The summed E-state index contributed by atoms with van der Waals surface area (Å²) in [4.78, 5) is 14.5. The average molecular weight is 311 g/mol. The highest BCUT2D eigenvalue weighted by Crippen LogP contribution is 2.20. The maximum Gasteiger partial charge on any atom is 0.223 e. The quantitative estimate of drug-likeness (QED) is 0.929. The van der Waals surface area contributed by atoms with Crippen LogP contribution in [-0.4, -0.2) is 29.4 Å². The molecule has 2 N–H and O–H groups in total. The molecule has 1 aliphatic heterocycles. The van der Waals surface area contributed by atoms with Crippen LogP contribution in [0.3, 0.4) is 0 Å². The van der Waals surface area contributed by atoms with Crippen LogP contribution in [0.4, 0.5) is 0 Å². The van der Waals surface area contributed by atoms with Crippen molar-refractivity contribution in [2.75, 3.05) is 6.54 Å². The van der Waals surface area contributed by atoms with E-state index in [4.69, 9.17) is 5.73 Å². The Kier molecular flexibility index (Phi) is 7.20. The molecular weight excluding hydrogens is 284 g/mol. The third-order valence-electron chi connectivity index (χ3n) is 4.35. The first kappa shape index (κ1) is 18.0. The molecule has 1 aromatic rings. The van der Waals surface area contributed by atoms with E-state index in [-0.39, 0.29) is 30.4 Å². The summed E-state index contributed by atoms with van der Waals surface area (Å²) < 4.78 is 0. The van der Waals surface area contributed by atoms with Gasteiger partial charge in [-0.15, -0.1) is 12.4 Å². The summed E-state index contributed by atoms with van der Waals surface area (Å²) in [5, 5.41) is 0. The van der Waals surface area contributed by atoms with E-state index in [1.54, 1.807) is 0 Å². The van der Waals surface area contributed by atoms with Crippen molar-refractivity contribution in [2.45, 2.75) is 58.0 Å². The Hall–Kier alpha value is -1.06. The van der Waals surface area contributed by atoms with Gasteiger partial charge in [0.1, 0.15) is 0 Å². The molecule has 1 amide bonds. The molecule has 1 aliphatic rings. The highest BCUT2D eigenvalue weighted by atomic mass is 35.5. The molecule has 1 heterocycles. The number of likely N-dealkylation sites (tertiary alicyclic amines) is 1. The van der Waals surface area contributed by atoms with Crippen LogP contribution in [0.1, 0.15) is 43.7 Å². The minimum atomic E-state index is 0. The van der Waals surface area contributed by atoms with E-state index in [0.717, 1.165) is 25.8 Å². The predicted molar refractivity (Wildman–Crippen MR) is 89.7 cm³/mol. The number of carbonyl (C=O) groups is 1. The van der Waals surface area contributed by atoms with Crippen LogP contribution in [0.25, 0.3) is 0 Å². The number of aryl methyl sites for hydroxylation is 2. The Balaban J connectivity index is 0.00000220. The fraction of sp³-hybridized carbons (Fsp3) is 0.588. The molecule has 2 rings (SSSR count). The minimum Gasteiger partial charge on any atom is -0.338 e. The fourth-order valence-electron chi connectivity index (χ4n) is 3.09. The zero-order valence-corrected chi connectivity index (χ0v) is 13.9. The number of nitrogens with two attached hydrogens (primary N) is 1. The summed E-state index contributed by atoms with van der Waals surface area (Å²) in [7, 11) is 0. The highest BCUT2D eigenvalue weighted by molar-refractivity contribution is 5.85. The van der Waals surface area contributed by atoms with E-state index in [0.29, 0.717) is 6.42 Å². The summed E-state index contributed by atoms with van der Waals surface area (Å²) in [6.45, 7) is 4.99. The zero-order valence-electron chi connectivity index (χ0n) is 13.0. The lowest BCUT2D eigenvalue weighted by molar-refractivity contribution is -0.135. The van der Waals surface area contributed by atoms with Gasteiger partial charge in [0.05, 0.1) is 0 Å². The number of nitrogens with zero attached hydrogens (tertiary/aromatic N) is 1. The lowest BCUT2D eigenvalue weighted by Crippen LogP contribution is -2.51. The number of hydrogen-bond acceptors (Lipinski definition) is 2. The van der Waals surface area contributed by atoms with Gasteiger partial charge in [0.25, 0.3) is 0 Å². The molecule has 0 radical (unpaired) electrons. The molecule has 0 spiro atoms. The van der Waals surface area contributed by atoms with Gasteiger partial charge in [-0.3, -0.25) is 4.79 Å². The first-order chi connectivity index (χ1) is 9.59. The lowest BCUT2D eigenvalue weighted by Gasteiger charge is -2.38. The summed E-state index contributed by atoms with van der Waals surface area (Å²) in [5.41, 5.74) is 8.57. The molecule has 118 valence electrons. The maximum absolute atomic E-state index is 12.5. The minimum absolute atomic E-state index is 0. The van der Waals surface area contributed by atoms with Crippen LogP contribution < -0.4 is 5.73 Å². The van der Waals surface area contributed by atoms with E-state index >= 15 is 0 Å². The second kappa shape index (κ2) is 8.40. The van der Waals surface area contributed by atoms with Gasteiger partial charge in [0, 0.05) is 25.0 Å². The van der Waals surface area contributed by atoms with Crippen LogP contribution >= 0.6 is 12.4 Å². The molecule has 0 aromatic heterocycles. The molecule has 3 nitrogen and oxygen atoms in total. The van der Waals surface area contributed by atoms with Crippen molar-refractivity contribution in [3.05, 3.63) is 35.4 Å². The molecule has 0 aliphatic carbocycles. The topological polar surface area (TPSA) is 46.3 Å². The summed E-state index contributed by atoms with van der Waals surface area (Å²) in [6, 6.07) is 8.59. The van der Waals surface area contributed by atoms with Crippen molar-refractivity contribution >= 4 is 18.3 Å². The van der Waals surface area contributed by atoms with Crippen molar-refractivity contribution in [1.82, 2.24) is 4.90 Å². The Morgan fingerprint density at radius 2 is 2.10 bits per heavy atom. The van der Waals surface area contributed by atoms with Crippen LogP contribution in [0.2, 0.25) is 0 Å². The Labute approximate surface area is 134 Å². The summed E-state index contributed by atoms with van der Waals surface area (Å²) in [6.07, 6.45) is 4.77. The van der Waals surface area contributed by atoms with Crippen molar-refractivity contribution in [2.24, 2.45) is 5.73 Å². The van der Waals surface area contributed by atoms with Gasteiger partial charge >= 0.3 is 0 Å². The highest BCUT2D eigenvalue weighted by Gasteiger charge is 2.28. The summed E-state index contributed by atoms with van der Waals surface area (Å²) >= 11 is 0. The standard InChI is InChI=1S/C17H26N2O.ClH/c1-13-7-3-4-8-15(13)10-11-17(20)19-12-6-5-9-16(19)14(2)18;/h3-4,7-8,14,16H,5-6,9-12,18H2,1-2H3;1H. The third-order valence-corrected chi connectivity index (χ3v) is 4.35. The number of carbonyl (C=O) groups excluding carboxylic acids is 1. The van der Waals surface area contributed by atoms with Crippen LogP contribution in [-0.2, 0) is 11.2 Å². The molecule has 0 saturated carbocycles. The molecule has 1 saturated heterocycles. The van der Waals surface area contributed by atoms with E-state index in [9.17, 15) is 4.79 Å². The number of benzene rings is 1. The third kappa shape index (κ3) is 4.72. The number of amides is 1. The first-order valence-electron chi connectivity index (χ1n) is 7.69. The van der Waals surface area contributed by atoms with Crippen LogP contribution in [0.15, 0.2) is 24.3 Å². The number of halogens is 1. The fourth-order valence-corrected chi connectivity index (χ4v) is 3.09. The van der Waals surface area contributed by atoms with Crippen molar-refractivity contribution < 1.29 is 4.79 Å². The van der Waals surface area contributed by atoms with Gasteiger partial charge in [-0.05, 0) is 50.7 Å². The molecular formula is C17H27ClN2O. The molecule has 21 heavy (non-hydrogen) atoms. The van der Waals surface area contributed by atoms with Crippen LogP contribution in [0.5, 0.6) is 0 Å². The number of rotatable bonds is 4. The second-order valence-electron chi connectivity index (χ2n) is 5.94. The molecule has 2 unspecified atom stereocenters. The average Bonchev–Trinajstić information content (AvgIpc) is 2.46. The smallest absolute Gasteiger partial charge is 0.223 e.